The summed E-state index contributed by atoms with van der Waals surface area (Å²) in [6.07, 6.45) is 15.6. The average Bonchev–Trinajstić information content (AvgIpc) is 3.17. The number of ketones is 1. The van der Waals surface area contributed by atoms with Gasteiger partial charge in [-0.3, -0.25) is 4.79 Å². The lowest BCUT2D eigenvalue weighted by atomic mass is 9.75. The quantitative estimate of drug-likeness (QED) is 0.280. The maximum absolute atomic E-state index is 15.0. The van der Waals surface area contributed by atoms with Crippen molar-refractivity contribution in [3.8, 4) is 22.4 Å². The highest BCUT2D eigenvalue weighted by atomic mass is 35.5. The Labute approximate surface area is 241 Å². The van der Waals surface area contributed by atoms with E-state index in [-0.39, 0.29) is 33.5 Å². The molecule has 1 aromatic heterocycles. The van der Waals surface area contributed by atoms with Crippen LogP contribution in [0.4, 0.5) is 4.39 Å². The number of benzene rings is 3. The van der Waals surface area contributed by atoms with Gasteiger partial charge in [-0.05, 0) is 76.7 Å². The van der Waals surface area contributed by atoms with Gasteiger partial charge < -0.3 is 9.84 Å². The van der Waals surface area contributed by atoms with Crippen LogP contribution in [0, 0.1) is 18.7 Å². The van der Waals surface area contributed by atoms with Crippen LogP contribution in [-0.2, 0) is 6.42 Å². The molecule has 0 spiro atoms. The van der Waals surface area contributed by atoms with E-state index in [1.54, 1.807) is 13.0 Å². The molecule has 2 unspecified atom stereocenters. The molecule has 0 bridgehead atoms. The molecule has 1 aliphatic heterocycles. The van der Waals surface area contributed by atoms with Crippen molar-refractivity contribution in [1.82, 2.24) is 10.5 Å². The zero-order valence-corrected chi connectivity index (χ0v) is 23.1. The minimum absolute atomic E-state index is 0.0621. The van der Waals surface area contributed by atoms with Gasteiger partial charge in [-0.2, -0.15) is 0 Å². The van der Waals surface area contributed by atoms with Crippen LogP contribution in [0.15, 0.2) is 95.3 Å². The van der Waals surface area contributed by atoms with Crippen molar-refractivity contribution in [3.63, 3.8) is 0 Å². The third-order valence-electron chi connectivity index (χ3n) is 8.25. The van der Waals surface area contributed by atoms with Crippen LogP contribution in [0.5, 0.6) is 0 Å². The number of fused-ring (bicyclic) bond motifs is 5. The molecule has 202 valence electrons. The molecule has 2 atom stereocenters. The molecule has 0 radical (unpaired) electrons. The first kappa shape index (κ1) is 25.5. The molecular formula is C35H26ClFN2O2. The summed E-state index contributed by atoms with van der Waals surface area (Å²) >= 11 is 6.39. The second kappa shape index (κ2) is 10.2. The fraction of sp³-hybridized carbons (Fsp3) is 0.143. The van der Waals surface area contributed by atoms with Crippen LogP contribution in [0.1, 0.15) is 39.6 Å². The standard InChI is InChI=1S/C35H26ClFN2O2/c1-20-32(34(39-41-20)33-29(36)10-7-11-30(33)37)35(40)22-18-27-25-14-13-21-8-4-5-9-23(21)24(25)15-16-26(27)28(19-22)31-12-3-2-6-17-38-31/h2-12,14-18,22,28,38H,13,19H2,1H3. The van der Waals surface area contributed by atoms with Crippen LogP contribution >= 0.6 is 11.6 Å². The average molecular weight is 561 g/mol. The van der Waals surface area contributed by atoms with Gasteiger partial charge in [0.1, 0.15) is 17.3 Å². The molecule has 2 aliphatic carbocycles. The third kappa shape index (κ3) is 4.28. The van der Waals surface area contributed by atoms with Gasteiger partial charge in [0.2, 0.25) is 0 Å². The first-order valence-corrected chi connectivity index (χ1v) is 14.1. The molecule has 0 saturated carbocycles. The molecule has 41 heavy (non-hydrogen) atoms. The predicted octanol–water partition coefficient (Wildman–Crippen LogP) is 6.77. The van der Waals surface area contributed by atoms with E-state index in [1.807, 2.05) is 24.4 Å². The summed E-state index contributed by atoms with van der Waals surface area (Å²) < 4.78 is 20.4. The monoisotopic (exact) mass is 560 g/mol. The Kier molecular flexibility index (Phi) is 6.32. The van der Waals surface area contributed by atoms with Crippen LogP contribution in [0.3, 0.4) is 0 Å². The zero-order chi connectivity index (χ0) is 28.1. The number of aromatic nitrogens is 1. The van der Waals surface area contributed by atoms with Crippen molar-refractivity contribution in [2.45, 2.75) is 25.7 Å². The normalized spacial score (nSPS) is 18.6. The molecule has 0 amide bonds. The van der Waals surface area contributed by atoms with E-state index in [2.05, 4.69) is 65.1 Å². The third-order valence-corrected chi connectivity index (χ3v) is 8.57. The SMILES string of the molecule is Cc1onc(-c2c(F)cccc2Cl)c1C(=O)C1C=c2c(ccc3c2=CCc2ccccc2-3)C(C2=CC=CC=CN2)C1. The van der Waals surface area contributed by atoms with E-state index in [1.165, 1.54) is 28.8 Å². The molecule has 4 nitrogen and oxygen atoms in total. The summed E-state index contributed by atoms with van der Waals surface area (Å²) in [6.45, 7) is 1.68. The lowest BCUT2D eigenvalue weighted by Gasteiger charge is -2.30. The number of carbonyl (C=O) groups excluding carboxylic acids is 1. The molecule has 7 rings (SSSR count). The number of hydrogen-bond donors (Lipinski definition) is 1. The number of aryl methyl sites for hydroxylation is 1. The number of carbonyl (C=O) groups is 1. The highest BCUT2D eigenvalue weighted by molar-refractivity contribution is 6.33. The van der Waals surface area contributed by atoms with Gasteiger partial charge in [0.15, 0.2) is 5.78 Å². The predicted molar refractivity (Wildman–Crippen MR) is 160 cm³/mol. The second-order valence-electron chi connectivity index (χ2n) is 10.6. The first-order valence-electron chi connectivity index (χ1n) is 13.7. The zero-order valence-electron chi connectivity index (χ0n) is 22.3. The minimum Gasteiger partial charge on any atom is -0.364 e. The van der Waals surface area contributed by atoms with Crippen molar-refractivity contribution >= 4 is 29.5 Å². The van der Waals surface area contributed by atoms with Gasteiger partial charge in [-0.1, -0.05) is 83.5 Å². The smallest absolute Gasteiger partial charge is 0.175 e. The fourth-order valence-electron chi connectivity index (χ4n) is 6.33. The summed E-state index contributed by atoms with van der Waals surface area (Å²) in [4.78, 5) is 14.4. The lowest BCUT2D eigenvalue weighted by Crippen LogP contribution is -2.40. The highest BCUT2D eigenvalue weighted by Crippen LogP contribution is 2.39. The second-order valence-corrected chi connectivity index (χ2v) is 11.0. The number of halogens is 2. The van der Waals surface area contributed by atoms with E-state index in [0.29, 0.717) is 12.2 Å². The van der Waals surface area contributed by atoms with E-state index >= 15 is 0 Å². The lowest BCUT2D eigenvalue weighted by molar-refractivity contribution is 0.0943. The summed E-state index contributed by atoms with van der Waals surface area (Å²) in [6, 6.07) is 17.3. The van der Waals surface area contributed by atoms with Crippen LogP contribution in [0.2, 0.25) is 5.02 Å². The molecule has 3 aromatic carbocycles. The van der Waals surface area contributed by atoms with Gasteiger partial charge in [0.05, 0.1) is 16.1 Å². The number of Topliss-reactive ketones (excluding diaryl/α,β-unsaturated/α-hetero) is 1. The minimum atomic E-state index is -0.551. The van der Waals surface area contributed by atoms with Crippen molar-refractivity contribution in [2.75, 3.05) is 0 Å². The summed E-state index contributed by atoms with van der Waals surface area (Å²) in [5.74, 6) is -0.931. The molecule has 6 heteroatoms. The fourth-order valence-corrected chi connectivity index (χ4v) is 6.58. The van der Waals surface area contributed by atoms with E-state index < -0.39 is 11.7 Å². The molecular weight excluding hydrogens is 535 g/mol. The Balaban J connectivity index is 1.42. The summed E-state index contributed by atoms with van der Waals surface area (Å²) in [7, 11) is 0. The number of nitrogens with one attached hydrogen (secondary N) is 1. The largest absolute Gasteiger partial charge is 0.364 e. The highest BCUT2D eigenvalue weighted by Gasteiger charge is 2.35. The number of allylic oxidation sites excluding steroid dienone is 5. The maximum Gasteiger partial charge on any atom is 0.175 e. The van der Waals surface area contributed by atoms with Gasteiger partial charge in [-0.25, -0.2) is 4.39 Å². The Morgan fingerprint density at radius 1 is 1.02 bits per heavy atom. The Bertz CT molecular complexity index is 1930. The Morgan fingerprint density at radius 2 is 1.90 bits per heavy atom. The topological polar surface area (TPSA) is 55.1 Å². The Morgan fingerprint density at radius 3 is 2.78 bits per heavy atom. The first-order chi connectivity index (χ1) is 20.0. The number of nitrogens with zero attached hydrogens (tertiary/aromatic N) is 1. The van der Waals surface area contributed by atoms with E-state index in [4.69, 9.17) is 16.1 Å². The molecule has 1 N–H and O–H groups in total. The summed E-state index contributed by atoms with van der Waals surface area (Å²) in [5.41, 5.74) is 6.33. The maximum atomic E-state index is 15.0. The Hall–Kier alpha value is -4.48. The van der Waals surface area contributed by atoms with Crippen molar-refractivity contribution in [2.24, 2.45) is 5.92 Å². The van der Waals surface area contributed by atoms with Crippen LogP contribution in [0.25, 0.3) is 34.5 Å². The van der Waals surface area contributed by atoms with Crippen LogP contribution in [-0.4, -0.2) is 10.9 Å². The molecule has 4 aromatic rings. The van der Waals surface area contributed by atoms with Gasteiger partial charge in [0, 0.05) is 23.7 Å². The van der Waals surface area contributed by atoms with Crippen LogP contribution < -0.4 is 15.8 Å². The van der Waals surface area contributed by atoms with E-state index in [0.717, 1.165) is 28.1 Å². The van der Waals surface area contributed by atoms with Crippen molar-refractivity contribution in [3.05, 3.63) is 135 Å². The van der Waals surface area contributed by atoms with Crippen molar-refractivity contribution in [1.29, 1.82) is 0 Å². The van der Waals surface area contributed by atoms with Gasteiger partial charge >= 0.3 is 0 Å². The molecule has 0 saturated heterocycles. The molecule has 0 fully saturated rings. The number of rotatable bonds is 4. The van der Waals surface area contributed by atoms with Crippen molar-refractivity contribution < 1.29 is 13.7 Å². The summed E-state index contributed by atoms with van der Waals surface area (Å²) in [5, 5.41) is 9.91. The number of hydrogen-bond acceptors (Lipinski definition) is 4. The molecule has 2 heterocycles. The van der Waals surface area contributed by atoms with Gasteiger partial charge in [-0.15, -0.1) is 0 Å². The molecule has 3 aliphatic rings. The van der Waals surface area contributed by atoms with E-state index in [9.17, 15) is 9.18 Å². The van der Waals surface area contributed by atoms with Gasteiger partial charge in [0.25, 0.3) is 0 Å².